The van der Waals surface area contributed by atoms with Crippen molar-refractivity contribution in [1.82, 2.24) is 10.2 Å². The molecular weight excluding hydrogens is 250 g/mol. The number of piperazine rings is 1. The predicted octanol–water partition coefficient (Wildman–Crippen LogP) is 1.93. The SMILES string of the molecule is COc1cc(C)c(NCN2CCNCC2)cc1Cl. The highest BCUT2D eigenvalue weighted by molar-refractivity contribution is 6.32. The van der Waals surface area contributed by atoms with E-state index in [9.17, 15) is 0 Å². The van der Waals surface area contributed by atoms with Crippen LogP contribution in [0, 0.1) is 6.92 Å². The fraction of sp³-hybridized carbons (Fsp3) is 0.538. The maximum Gasteiger partial charge on any atom is 0.137 e. The van der Waals surface area contributed by atoms with E-state index in [0.29, 0.717) is 5.02 Å². The smallest absolute Gasteiger partial charge is 0.137 e. The van der Waals surface area contributed by atoms with Gasteiger partial charge >= 0.3 is 0 Å². The van der Waals surface area contributed by atoms with E-state index < -0.39 is 0 Å². The molecule has 0 spiro atoms. The number of nitrogens with one attached hydrogen (secondary N) is 2. The summed E-state index contributed by atoms with van der Waals surface area (Å²) in [6.07, 6.45) is 0. The molecule has 0 atom stereocenters. The molecule has 0 radical (unpaired) electrons. The second-order valence-electron chi connectivity index (χ2n) is 4.50. The van der Waals surface area contributed by atoms with Gasteiger partial charge in [-0.2, -0.15) is 0 Å². The number of hydrogen-bond donors (Lipinski definition) is 2. The molecule has 0 bridgehead atoms. The number of methoxy groups -OCH3 is 1. The van der Waals surface area contributed by atoms with Crippen LogP contribution < -0.4 is 15.4 Å². The van der Waals surface area contributed by atoms with Crippen molar-refractivity contribution in [3.05, 3.63) is 22.7 Å². The lowest BCUT2D eigenvalue weighted by atomic mass is 10.2. The van der Waals surface area contributed by atoms with Crippen molar-refractivity contribution in [2.45, 2.75) is 6.92 Å². The van der Waals surface area contributed by atoms with Gasteiger partial charge in [0.05, 0.1) is 18.8 Å². The lowest BCUT2D eigenvalue weighted by molar-refractivity contribution is 0.256. The molecule has 18 heavy (non-hydrogen) atoms. The average Bonchev–Trinajstić information content (AvgIpc) is 2.40. The molecule has 1 aromatic rings. The van der Waals surface area contributed by atoms with Crippen LogP contribution in [0.15, 0.2) is 12.1 Å². The van der Waals surface area contributed by atoms with Crippen molar-refractivity contribution in [3.8, 4) is 5.75 Å². The molecule has 2 N–H and O–H groups in total. The Balaban J connectivity index is 1.98. The first-order valence-corrected chi connectivity index (χ1v) is 6.59. The highest BCUT2D eigenvalue weighted by Crippen LogP contribution is 2.30. The van der Waals surface area contributed by atoms with Gasteiger partial charge in [0.1, 0.15) is 5.75 Å². The van der Waals surface area contributed by atoms with Crippen LogP contribution in [-0.2, 0) is 0 Å². The van der Waals surface area contributed by atoms with E-state index in [1.165, 1.54) is 0 Å². The molecule has 1 aromatic carbocycles. The lowest BCUT2D eigenvalue weighted by Gasteiger charge is -2.28. The van der Waals surface area contributed by atoms with E-state index in [-0.39, 0.29) is 0 Å². The van der Waals surface area contributed by atoms with Crippen molar-refractivity contribution < 1.29 is 4.74 Å². The zero-order valence-corrected chi connectivity index (χ0v) is 11.7. The number of anilines is 1. The maximum atomic E-state index is 6.13. The third-order valence-corrected chi connectivity index (χ3v) is 3.50. The van der Waals surface area contributed by atoms with Gasteiger partial charge in [-0.05, 0) is 24.6 Å². The molecule has 0 aliphatic carbocycles. The molecule has 2 rings (SSSR count). The van der Waals surface area contributed by atoms with E-state index in [1.807, 2.05) is 12.1 Å². The van der Waals surface area contributed by atoms with Crippen LogP contribution in [0.1, 0.15) is 5.56 Å². The lowest BCUT2D eigenvalue weighted by Crippen LogP contribution is -2.45. The molecule has 4 nitrogen and oxygen atoms in total. The van der Waals surface area contributed by atoms with Gasteiger partial charge in [0, 0.05) is 31.9 Å². The number of hydrogen-bond acceptors (Lipinski definition) is 4. The van der Waals surface area contributed by atoms with E-state index in [0.717, 1.165) is 49.8 Å². The standard InChI is InChI=1S/C13H20ClN3O/c1-10-7-13(18-2)11(14)8-12(10)16-9-17-5-3-15-4-6-17/h7-8,15-16H,3-6,9H2,1-2H3. The van der Waals surface area contributed by atoms with Crippen molar-refractivity contribution in [2.75, 3.05) is 45.3 Å². The summed E-state index contributed by atoms with van der Waals surface area (Å²) in [6, 6.07) is 3.89. The quantitative estimate of drug-likeness (QED) is 0.876. The van der Waals surface area contributed by atoms with Gasteiger partial charge in [0.25, 0.3) is 0 Å². The van der Waals surface area contributed by atoms with Crippen LogP contribution in [0.25, 0.3) is 0 Å². The van der Waals surface area contributed by atoms with Gasteiger partial charge in [-0.1, -0.05) is 11.6 Å². The van der Waals surface area contributed by atoms with Crippen LogP contribution in [0.3, 0.4) is 0 Å². The second-order valence-corrected chi connectivity index (χ2v) is 4.91. The van der Waals surface area contributed by atoms with Crippen LogP contribution >= 0.6 is 11.6 Å². The third kappa shape index (κ3) is 3.28. The summed E-state index contributed by atoms with van der Waals surface area (Å²) in [7, 11) is 1.63. The molecule has 1 aliphatic rings. The Kier molecular flexibility index (Phi) is 4.69. The molecule has 0 unspecified atom stereocenters. The van der Waals surface area contributed by atoms with Crippen LogP contribution in [-0.4, -0.2) is 44.9 Å². The molecule has 1 aliphatic heterocycles. The average molecular weight is 270 g/mol. The number of aryl methyl sites for hydroxylation is 1. The number of benzene rings is 1. The first kappa shape index (κ1) is 13.5. The Morgan fingerprint density at radius 1 is 1.39 bits per heavy atom. The summed E-state index contributed by atoms with van der Waals surface area (Å²) < 4.78 is 5.20. The molecular formula is C13H20ClN3O. The zero-order valence-electron chi connectivity index (χ0n) is 10.9. The molecule has 1 heterocycles. The third-order valence-electron chi connectivity index (χ3n) is 3.20. The Hall–Kier alpha value is -0.970. The predicted molar refractivity (Wildman–Crippen MR) is 75.7 cm³/mol. The van der Waals surface area contributed by atoms with Crippen LogP contribution in [0.5, 0.6) is 5.75 Å². The first-order valence-electron chi connectivity index (χ1n) is 6.22. The monoisotopic (exact) mass is 269 g/mol. The highest BCUT2D eigenvalue weighted by Gasteiger charge is 2.10. The molecule has 1 fully saturated rings. The fourth-order valence-electron chi connectivity index (χ4n) is 2.07. The highest BCUT2D eigenvalue weighted by atomic mass is 35.5. The Labute approximate surface area is 113 Å². The number of halogens is 1. The minimum Gasteiger partial charge on any atom is -0.495 e. The van der Waals surface area contributed by atoms with Crippen molar-refractivity contribution in [2.24, 2.45) is 0 Å². The summed E-state index contributed by atoms with van der Waals surface area (Å²) in [5, 5.41) is 7.42. The van der Waals surface area contributed by atoms with Gasteiger partial charge in [0.2, 0.25) is 0 Å². The van der Waals surface area contributed by atoms with Crippen LogP contribution in [0.2, 0.25) is 5.02 Å². The normalized spacial score (nSPS) is 16.6. The summed E-state index contributed by atoms with van der Waals surface area (Å²) in [4.78, 5) is 2.38. The Morgan fingerprint density at radius 3 is 2.78 bits per heavy atom. The van der Waals surface area contributed by atoms with Crippen molar-refractivity contribution in [1.29, 1.82) is 0 Å². The molecule has 100 valence electrons. The van der Waals surface area contributed by atoms with Gasteiger partial charge in [-0.3, -0.25) is 4.90 Å². The Morgan fingerprint density at radius 2 is 2.11 bits per heavy atom. The minimum absolute atomic E-state index is 0.644. The maximum absolute atomic E-state index is 6.13. The molecule has 5 heteroatoms. The largest absolute Gasteiger partial charge is 0.495 e. The number of ether oxygens (including phenoxy) is 1. The summed E-state index contributed by atoms with van der Waals surface area (Å²) >= 11 is 6.13. The number of nitrogens with zero attached hydrogens (tertiary/aromatic N) is 1. The van der Waals surface area contributed by atoms with E-state index in [4.69, 9.17) is 16.3 Å². The summed E-state index contributed by atoms with van der Waals surface area (Å²) in [5.74, 6) is 0.724. The first-order chi connectivity index (χ1) is 8.70. The van der Waals surface area contributed by atoms with E-state index in [2.05, 4.69) is 22.5 Å². The summed E-state index contributed by atoms with van der Waals surface area (Å²) in [5.41, 5.74) is 2.21. The van der Waals surface area contributed by atoms with Crippen LogP contribution in [0.4, 0.5) is 5.69 Å². The second kappa shape index (κ2) is 6.27. The topological polar surface area (TPSA) is 36.5 Å². The molecule has 1 saturated heterocycles. The fourth-order valence-corrected chi connectivity index (χ4v) is 2.31. The zero-order chi connectivity index (χ0) is 13.0. The molecule has 0 amide bonds. The van der Waals surface area contributed by atoms with Gasteiger partial charge in [-0.25, -0.2) is 0 Å². The van der Waals surface area contributed by atoms with Gasteiger partial charge in [-0.15, -0.1) is 0 Å². The number of rotatable bonds is 4. The minimum atomic E-state index is 0.644. The molecule has 0 aromatic heterocycles. The Bertz CT molecular complexity index is 405. The molecule has 0 saturated carbocycles. The van der Waals surface area contributed by atoms with E-state index in [1.54, 1.807) is 7.11 Å². The van der Waals surface area contributed by atoms with Gasteiger partial charge in [0.15, 0.2) is 0 Å². The summed E-state index contributed by atoms with van der Waals surface area (Å²) in [6.45, 7) is 7.18. The van der Waals surface area contributed by atoms with Crippen molar-refractivity contribution in [3.63, 3.8) is 0 Å². The van der Waals surface area contributed by atoms with E-state index >= 15 is 0 Å². The van der Waals surface area contributed by atoms with Gasteiger partial charge < -0.3 is 15.4 Å². The van der Waals surface area contributed by atoms with Crippen molar-refractivity contribution >= 4 is 17.3 Å².